The molecule has 28 heavy (non-hydrogen) atoms. The minimum absolute atomic E-state index is 0.0231. The van der Waals surface area contributed by atoms with Crippen LogP contribution >= 0.6 is 0 Å². The Hall–Kier alpha value is -1.37. The van der Waals surface area contributed by atoms with E-state index in [1.807, 2.05) is 0 Å². The Balaban J connectivity index is 1.56. The number of alkyl halides is 3. The Kier molecular flexibility index (Phi) is 6.84. The van der Waals surface area contributed by atoms with Crippen LogP contribution in [0.3, 0.4) is 0 Å². The summed E-state index contributed by atoms with van der Waals surface area (Å²) in [6, 6.07) is 1.98. The summed E-state index contributed by atoms with van der Waals surface area (Å²) >= 11 is 0. The van der Waals surface area contributed by atoms with Crippen LogP contribution in [0.2, 0.25) is 0 Å². The van der Waals surface area contributed by atoms with Gasteiger partial charge in [0.05, 0.1) is 0 Å². The van der Waals surface area contributed by atoms with Gasteiger partial charge in [-0.1, -0.05) is 0 Å². The fraction of sp³-hybridized carbons (Fsp3) is 0.714. The quantitative estimate of drug-likeness (QED) is 0.514. The fourth-order valence-electron chi connectivity index (χ4n) is 5.01. The van der Waals surface area contributed by atoms with Crippen molar-refractivity contribution in [1.29, 1.82) is 0 Å². The van der Waals surface area contributed by atoms with Gasteiger partial charge in [0, 0.05) is 13.7 Å². The lowest BCUT2D eigenvalue weighted by atomic mass is 9.68. The van der Waals surface area contributed by atoms with E-state index < -0.39 is 23.7 Å². The molecule has 2 aliphatic rings. The van der Waals surface area contributed by atoms with Crippen LogP contribution in [0.15, 0.2) is 12.1 Å². The number of benzene rings is 1. The third-order valence-electron chi connectivity index (χ3n) is 6.44. The number of halogens is 5. The van der Waals surface area contributed by atoms with E-state index in [9.17, 15) is 22.0 Å². The smallest absolute Gasteiger partial charge is 0.399 e. The van der Waals surface area contributed by atoms with E-state index in [1.165, 1.54) is 25.7 Å². The van der Waals surface area contributed by atoms with Crippen molar-refractivity contribution in [3.63, 3.8) is 0 Å². The molecule has 2 fully saturated rings. The molecule has 2 nitrogen and oxygen atoms in total. The SMILES string of the molecule is COC[C@H]1CC[C@H]([C@H]2CC[C@H](c3cc(F)c(OC(F)(F)F)c(F)c3)CC2)CC1. The first-order valence-electron chi connectivity index (χ1n) is 10.0. The van der Waals surface area contributed by atoms with Gasteiger partial charge in [0.25, 0.3) is 0 Å². The van der Waals surface area contributed by atoms with Crippen LogP contribution in [-0.4, -0.2) is 20.1 Å². The molecule has 0 aromatic heterocycles. The summed E-state index contributed by atoms with van der Waals surface area (Å²) in [5, 5.41) is 0. The number of hydrogen-bond donors (Lipinski definition) is 0. The highest BCUT2D eigenvalue weighted by Gasteiger charge is 2.35. The van der Waals surface area contributed by atoms with Crippen LogP contribution in [0.4, 0.5) is 22.0 Å². The third-order valence-corrected chi connectivity index (χ3v) is 6.44. The van der Waals surface area contributed by atoms with Crippen LogP contribution in [0.5, 0.6) is 5.75 Å². The van der Waals surface area contributed by atoms with Crippen molar-refractivity contribution in [2.24, 2.45) is 17.8 Å². The molecule has 0 heterocycles. The summed E-state index contributed by atoms with van der Waals surface area (Å²) in [6.07, 6.45) is 3.27. The van der Waals surface area contributed by atoms with Crippen LogP contribution in [0, 0.1) is 29.4 Å². The molecule has 0 bridgehead atoms. The van der Waals surface area contributed by atoms with Crippen molar-refractivity contribution in [3.8, 4) is 5.75 Å². The molecule has 3 rings (SSSR count). The zero-order valence-electron chi connectivity index (χ0n) is 16.0. The predicted molar refractivity (Wildman–Crippen MR) is 95.1 cm³/mol. The van der Waals surface area contributed by atoms with Gasteiger partial charge in [0.15, 0.2) is 11.6 Å². The summed E-state index contributed by atoms with van der Waals surface area (Å²) in [4.78, 5) is 0. The van der Waals surface area contributed by atoms with Gasteiger partial charge >= 0.3 is 6.36 Å². The van der Waals surface area contributed by atoms with Crippen molar-refractivity contribution in [2.75, 3.05) is 13.7 Å². The highest BCUT2D eigenvalue weighted by atomic mass is 19.4. The van der Waals surface area contributed by atoms with E-state index in [0.29, 0.717) is 23.3 Å². The summed E-state index contributed by atoms with van der Waals surface area (Å²) in [5.74, 6) is -2.02. The lowest BCUT2D eigenvalue weighted by molar-refractivity contribution is -0.276. The molecular formula is C21H27F5O2. The van der Waals surface area contributed by atoms with Crippen molar-refractivity contribution in [3.05, 3.63) is 29.3 Å². The number of hydrogen-bond acceptors (Lipinski definition) is 2. The fourth-order valence-corrected chi connectivity index (χ4v) is 5.01. The minimum atomic E-state index is -5.12. The Labute approximate surface area is 162 Å². The molecule has 0 aliphatic heterocycles. The molecule has 0 N–H and O–H groups in total. The van der Waals surface area contributed by atoms with Crippen LogP contribution < -0.4 is 4.74 Å². The second-order valence-corrected chi connectivity index (χ2v) is 8.21. The molecule has 0 radical (unpaired) electrons. The molecule has 2 saturated carbocycles. The van der Waals surface area contributed by atoms with E-state index in [-0.39, 0.29) is 5.92 Å². The molecule has 0 atom stereocenters. The van der Waals surface area contributed by atoms with Gasteiger partial charge < -0.3 is 9.47 Å². The van der Waals surface area contributed by atoms with Crippen LogP contribution in [0.1, 0.15) is 62.8 Å². The summed E-state index contributed by atoms with van der Waals surface area (Å²) in [7, 11) is 1.74. The molecule has 0 unspecified atom stereocenters. The van der Waals surface area contributed by atoms with Crippen LogP contribution in [-0.2, 0) is 4.74 Å². The van der Waals surface area contributed by atoms with Gasteiger partial charge in [0.1, 0.15) is 0 Å². The van der Waals surface area contributed by atoms with Crippen LogP contribution in [0.25, 0.3) is 0 Å². The highest BCUT2D eigenvalue weighted by Crippen LogP contribution is 2.44. The molecule has 0 spiro atoms. The van der Waals surface area contributed by atoms with E-state index in [1.54, 1.807) is 7.11 Å². The van der Waals surface area contributed by atoms with Crippen molar-refractivity contribution in [1.82, 2.24) is 0 Å². The van der Waals surface area contributed by atoms with Gasteiger partial charge in [-0.2, -0.15) is 0 Å². The number of rotatable bonds is 5. The van der Waals surface area contributed by atoms with E-state index in [0.717, 1.165) is 44.4 Å². The second kappa shape index (κ2) is 8.97. The normalized spacial score (nSPS) is 28.9. The molecule has 158 valence electrons. The van der Waals surface area contributed by atoms with Gasteiger partial charge in [-0.05, 0) is 92.7 Å². The molecule has 0 amide bonds. The Morgan fingerprint density at radius 2 is 1.36 bits per heavy atom. The third kappa shape index (κ3) is 5.37. The first-order valence-corrected chi connectivity index (χ1v) is 10.0. The maximum Gasteiger partial charge on any atom is 0.573 e. The van der Waals surface area contributed by atoms with Crippen molar-refractivity contribution < 1.29 is 31.4 Å². The maximum absolute atomic E-state index is 14.0. The summed E-state index contributed by atoms with van der Waals surface area (Å²) in [6.45, 7) is 0.824. The molecule has 7 heteroatoms. The Bertz CT molecular complexity index is 622. The molecule has 1 aromatic carbocycles. The standard InChI is InChI=1S/C21H27F5O2/c1-27-12-13-2-4-14(5-3-13)15-6-8-16(9-7-15)17-10-18(22)20(19(23)11-17)28-21(24,25)26/h10-11,13-16H,2-9,12H2,1H3/t13-,14-,15-,16-. The van der Waals surface area contributed by atoms with E-state index in [4.69, 9.17) is 4.74 Å². The summed E-state index contributed by atoms with van der Waals surface area (Å²) < 4.78 is 73.5. The zero-order valence-corrected chi connectivity index (χ0v) is 16.0. The minimum Gasteiger partial charge on any atom is -0.399 e. The van der Waals surface area contributed by atoms with Gasteiger partial charge in [-0.3, -0.25) is 0 Å². The van der Waals surface area contributed by atoms with E-state index >= 15 is 0 Å². The second-order valence-electron chi connectivity index (χ2n) is 8.21. The number of ether oxygens (including phenoxy) is 2. The van der Waals surface area contributed by atoms with Crippen molar-refractivity contribution >= 4 is 0 Å². The number of methoxy groups -OCH3 is 1. The monoisotopic (exact) mass is 406 g/mol. The average molecular weight is 406 g/mol. The topological polar surface area (TPSA) is 18.5 Å². The predicted octanol–water partition coefficient (Wildman–Crippen LogP) is 6.59. The molecule has 2 aliphatic carbocycles. The lowest BCUT2D eigenvalue weighted by Crippen LogP contribution is -2.26. The van der Waals surface area contributed by atoms with Crippen molar-refractivity contribution in [2.45, 2.75) is 63.6 Å². The van der Waals surface area contributed by atoms with E-state index in [2.05, 4.69) is 4.74 Å². The van der Waals surface area contributed by atoms with Gasteiger partial charge in [-0.25, -0.2) is 8.78 Å². The molecule has 0 saturated heterocycles. The first kappa shape index (κ1) is 21.3. The Morgan fingerprint density at radius 3 is 1.82 bits per heavy atom. The molecule has 1 aromatic rings. The average Bonchev–Trinajstić information content (AvgIpc) is 2.65. The summed E-state index contributed by atoms with van der Waals surface area (Å²) in [5.41, 5.74) is 0.423. The van der Waals surface area contributed by atoms with Gasteiger partial charge in [0.2, 0.25) is 5.75 Å². The first-order chi connectivity index (χ1) is 13.3. The Morgan fingerprint density at radius 1 is 0.857 bits per heavy atom. The maximum atomic E-state index is 14.0. The van der Waals surface area contributed by atoms with Gasteiger partial charge in [-0.15, -0.1) is 13.2 Å². The largest absolute Gasteiger partial charge is 0.573 e. The highest BCUT2D eigenvalue weighted by molar-refractivity contribution is 5.33. The lowest BCUT2D eigenvalue weighted by Gasteiger charge is -2.38. The molecular weight excluding hydrogens is 379 g/mol. The zero-order chi connectivity index (χ0) is 20.3.